The number of hydrogen-bond acceptors (Lipinski definition) is 5. The monoisotopic (exact) mass is 592 g/mol. The van der Waals surface area contributed by atoms with Crippen molar-refractivity contribution in [1.29, 1.82) is 0 Å². The molecular weight excluding hydrogens is 547 g/mol. The molecule has 1 saturated carbocycles. The van der Waals surface area contributed by atoms with Crippen LogP contribution in [0.3, 0.4) is 0 Å². The zero-order chi connectivity index (χ0) is 26.7. The van der Waals surface area contributed by atoms with Crippen molar-refractivity contribution >= 4 is 36.6 Å². The van der Waals surface area contributed by atoms with Crippen molar-refractivity contribution in [1.82, 2.24) is 29.9 Å². The summed E-state index contributed by atoms with van der Waals surface area (Å²) in [4.78, 5) is 36.4. The second kappa shape index (κ2) is 14.1. The molecule has 1 aliphatic carbocycles. The van der Waals surface area contributed by atoms with Gasteiger partial charge in [-0.25, -0.2) is 9.67 Å². The third-order valence-electron chi connectivity index (χ3n) is 9.21. The quantitative estimate of drug-likeness (QED) is 0.457. The molecule has 222 valence electrons. The van der Waals surface area contributed by atoms with Crippen molar-refractivity contribution in [3.05, 3.63) is 41.3 Å². The van der Waals surface area contributed by atoms with E-state index >= 15 is 0 Å². The van der Waals surface area contributed by atoms with Gasteiger partial charge in [-0.15, -0.1) is 24.8 Å². The molecule has 4 heterocycles. The first-order valence-electron chi connectivity index (χ1n) is 14.7. The molecule has 3 aliphatic rings. The predicted molar refractivity (Wildman–Crippen MR) is 162 cm³/mol. The number of likely N-dealkylation sites (tertiary alicyclic amines) is 1. The van der Waals surface area contributed by atoms with E-state index in [1.165, 1.54) is 37.7 Å². The minimum absolute atomic E-state index is 0. The lowest BCUT2D eigenvalue weighted by Crippen LogP contribution is -2.73. The van der Waals surface area contributed by atoms with Crippen molar-refractivity contribution in [3.8, 4) is 5.82 Å². The number of nitrogens with one attached hydrogen (secondary N) is 1. The first-order valence-corrected chi connectivity index (χ1v) is 14.7. The highest BCUT2D eigenvalue weighted by atomic mass is 35.5. The summed E-state index contributed by atoms with van der Waals surface area (Å²) in [6.07, 6.45) is 12.1. The van der Waals surface area contributed by atoms with Crippen LogP contribution in [0, 0.1) is 19.8 Å². The van der Waals surface area contributed by atoms with E-state index in [0.29, 0.717) is 25.3 Å². The topological polar surface area (TPSA) is 83.4 Å². The van der Waals surface area contributed by atoms with E-state index < -0.39 is 5.54 Å². The van der Waals surface area contributed by atoms with E-state index in [9.17, 15) is 9.59 Å². The molecule has 5 rings (SSSR count). The minimum atomic E-state index is -0.714. The Hall–Kier alpha value is -2.16. The fourth-order valence-corrected chi connectivity index (χ4v) is 6.84. The second-order valence-electron chi connectivity index (χ2n) is 11.7. The van der Waals surface area contributed by atoms with E-state index in [-0.39, 0.29) is 42.7 Å². The van der Waals surface area contributed by atoms with Crippen LogP contribution in [0.1, 0.15) is 88.1 Å². The number of nitrogens with zero attached hydrogens (tertiary/aromatic N) is 5. The van der Waals surface area contributed by atoms with E-state index in [4.69, 9.17) is 5.10 Å². The van der Waals surface area contributed by atoms with Gasteiger partial charge in [0.25, 0.3) is 0 Å². The summed E-state index contributed by atoms with van der Waals surface area (Å²) in [5, 5.41) is 7.98. The fraction of sp³-hybridized carbons (Fsp3) is 0.667. The maximum Gasteiger partial charge on any atom is 0.246 e. The molecule has 3 fully saturated rings. The molecule has 0 aromatic carbocycles. The van der Waals surface area contributed by atoms with Crippen LogP contribution in [0.25, 0.3) is 5.82 Å². The van der Waals surface area contributed by atoms with E-state index in [1.807, 2.05) is 27.8 Å². The number of rotatable bonds is 8. The van der Waals surface area contributed by atoms with Gasteiger partial charge >= 0.3 is 0 Å². The number of piperazine rings is 1. The molecule has 1 N–H and O–H groups in total. The molecule has 40 heavy (non-hydrogen) atoms. The summed E-state index contributed by atoms with van der Waals surface area (Å²) >= 11 is 0. The van der Waals surface area contributed by atoms with Crippen LogP contribution in [0.5, 0.6) is 0 Å². The summed E-state index contributed by atoms with van der Waals surface area (Å²) in [5.74, 6) is 1.61. The normalized spacial score (nSPS) is 21.6. The number of hydrogen-bond donors (Lipinski definition) is 1. The van der Waals surface area contributed by atoms with Crippen molar-refractivity contribution in [2.24, 2.45) is 5.92 Å². The predicted octanol–water partition coefficient (Wildman–Crippen LogP) is 5.16. The molecule has 2 aliphatic heterocycles. The highest BCUT2D eigenvalue weighted by Gasteiger charge is 2.53. The molecular formula is C30H46Cl2N6O2. The summed E-state index contributed by atoms with van der Waals surface area (Å²) < 4.78 is 1.92. The van der Waals surface area contributed by atoms with Crippen LogP contribution in [0.4, 0.5) is 0 Å². The third-order valence-corrected chi connectivity index (χ3v) is 9.21. The summed E-state index contributed by atoms with van der Waals surface area (Å²) in [7, 11) is 0. The Morgan fingerprint density at radius 2 is 1.77 bits per heavy atom. The lowest BCUT2D eigenvalue weighted by molar-refractivity contribution is -0.162. The maximum atomic E-state index is 13.8. The standard InChI is InChI=1S/C30H44N6O2.2ClH/c1-4-5-17-35-28(37)26(20-24-11-7-6-8-12-24)32-29(38)30(35)14-18-34(19-15-30)21-25-22(2)33-36(23(25)3)27-13-9-10-16-31-27;;/h9-10,13,16,24,26H,4-8,11-12,14-15,17-21H2,1-3H3,(H,32,38);2*1H/t26-;;/m0../s1. The Balaban J connectivity index is 0.00000220. The lowest BCUT2D eigenvalue weighted by Gasteiger charge is -2.52. The van der Waals surface area contributed by atoms with E-state index in [0.717, 1.165) is 56.1 Å². The van der Waals surface area contributed by atoms with E-state index in [2.05, 4.69) is 36.0 Å². The van der Waals surface area contributed by atoms with Crippen LogP contribution >= 0.6 is 24.8 Å². The van der Waals surface area contributed by atoms with Gasteiger partial charge in [0.2, 0.25) is 11.8 Å². The average molecular weight is 594 g/mol. The number of aryl methyl sites for hydroxylation is 1. The highest BCUT2D eigenvalue weighted by Crippen LogP contribution is 2.36. The molecule has 10 heteroatoms. The van der Waals surface area contributed by atoms with Gasteiger partial charge < -0.3 is 10.2 Å². The Morgan fingerprint density at radius 3 is 2.42 bits per heavy atom. The molecule has 8 nitrogen and oxygen atoms in total. The number of amides is 2. The first kappa shape index (κ1) is 32.4. The van der Waals surface area contributed by atoms with Crippen LogP contribution in [-0.2, 0) is 16.1 Å². The summed E-state index contributed by atoms with van der Waals surface area (Å²) in [6, 6.07) is 5.50. The van der Waals surface area contributed by atoms with Gasteiger partial charge in [0.1, 0.15) is 11.6 Å². The van der Waals surface area contributed by atoms with Gasteiger partial charge in [0.05, 0.1) is 5.69 Å². The zero-order valence-electron chi connectivity index (χ0n) is 24.2. The van der Waals surface area contributed by atoms with Crippen molar-refractivity contribution in [2.75, 3.05) is 19.6 Å². The fourth-order valence-electron chi connectivity index (χ4n) is 6.84. The number of pyridine rings is 1. The first-order chi connectivity index (χ1) is 18.4. The second-order valence-corrected chi connectivity index (χ2v) is 11.7. The summed E-state index contributed by atoms with van der Waals surface area (Å²) in [6.45, 7) is 9.34. The van der Waals surface area contributed by atoms with Gasteiger partial charge in [-0.3, -0.25) is 14.5 Å². The maximum absolute atomic E-state index is 13.8. The minimum Gasteiger partial charge on any atom is -0.342 e. The van der Waals surface area contributed by atoms with Gasteiger partial charge in [-0.2, -0.15) is 5.10 Å². The van der Waals surface area contributed by atoms with Crippen LogP contribution < -0.4 is 5.32 Å². The van der Waals surface area contributed by atoms with E-state index in [1.54, 1.807) is 6.20 Å². The van der Waals surface area contributed by atoms with Crippen LogP contribution in [-0.4, -0.2) is 67.6 Å². The van der Waals surface area contributed by atoms with Crippen molar-refractivity contribution < 1.29 is 9.59 Å². The Labute approximate surface area is 251 Å². The molecule has 2 amide bonds. The number of carbonyl (C=O) groups is 2. The molecule has 1 spiro atoms. The van der Waals surface area contributed by atoms with Gasteiger partial charge in [-0.05, 0) is 57.6 Å². The van der Waals surface area contributed by atoms with Crippen molar-refractivity contribution in [3.63, 3.8) is 0 Å². The number of unbranched alkanes of at least 4 members (excludes halogenated alkanes) is 1. The molecule has 2 aromatic heterocycles. The largest absolute Gasteiger partial charge is 0.342 e. The zero-order valence-corrected chi connectivity index (χ0v) is 25.9. The Morgan fingerprint density at radius 1 is 1.05 bits per heavy atom. The third kappa shape index (κ3) is 6.50. The average Bonchev–Trinajstić information content (AvgIpc) is 3.22. The smallest absolute Gasteiger partial charge is 0.246 e. The van der Waals surface area contributed by atoms with Gasteiger partial charge in [-0.1, -0.05) is 51.5 Å². The number of halogens is 2. The summed E-state index contributed by atoms with van der Waals surface area (Å²) in [5.41, 5.74) is 2.61. The number of carbonyl (C=O) groups excluding carboxylic acids is 2. The molecule has 2 aromatic rings. The molecule has 0 radical (unpaired) electrons. The molecule has 2 saturated heterocycles. The Bertz CT molecular complexity index is 1130. The van der Waals surface area contributed by atoms with Crippen LogP contribution in [0.15, 0.2) is 24.4 Å². The van der Waals surface area contributed by atoms with Gasteiger partial charge in [0, 0.05) is 43.6 Å². The number of piperidine rings is 1. The molecule has 0 unspecified atom stereocenters. The lowest BCUT2D eigenvalue weighted by atomic mass is 9.79. The van der Waals surface area contributed by atoms with Crippen molar-refractivity contribution in [2.45, 2.75) is 103 Å². The molecule has 1 atom stereocenters. The highest BCUT2D eigenvalue weighted by molar-refractivity contribution is 6.00. The number of aromatic nitrogens is 3. The Kier molecular flexibility index (Phi) is 11.4. The SMILES string of the molecule is CCCCN1C(=O)[C@H](CC2CCCCC2)NC(=O)C12CCN(Cc1c(C)nn(-c3ccccn3)c1C)CC2.Cl.Cl. The van der Waals surface area contributed by atoms with Gasteiger partial charge in [0.15, 0.2) is 5.82 Å². The van der Waals surface area contributed by atoms with Crippen LogP contribution in [0.2, 0.25) is 0 Å². The molecule has 0 bridgehead atoms.